The number of aryl methyl sites for hydroxylation is 2. The molecule has 4 rings (SSSR count). The molecule has 3 amide bonds. The lowest BCUT2D eigenvalue weighted by Gasteiger charge is -2.34. The highest BCUT2D eigenvalue weighted by Crippen LogP contribution is 2.46. The van der Waals surface area contributed by atoms with E-state index in [9.17, 15) is 9.59 Å². The Kier molecular flexibility index (Phi) is 3.77. The summed E-state index contributed by atoms with van der Waals surface area (Å²) in [7, 11) is 1.71. The monoisotopic (exact) mass is 366 g/mol. The average molecular weight is 366 g/mol. The molecule has 1 atom stereocenters. The number of benzene rings is 2. The highest BCUT2D eigenvalue weighted by molar-refractivity contribution is 8.14. The minimum absolute atomic E-state index is 0.322. The number of rotatable bonds is 2. The zero-order valence-electron chi connectivity index (χ0n) is 14.7. The first-order valence-corrected chi connectivity index (χ1v) is 9.09. The number of imide groups is 1. The van der Waals surface area contributed by atoms with Gasteiger partial charge in [-0.2, -0.15) is 5.10 Å². The van der Waals surface area contributed by atoms with Crippen molar-refractivity contribution in [1.29, 1.82) is 0 Å². The number of carbonyl (C=O) groups is 2. The van der Waals surface area contributed by atoms with E-state index in [1.54, 1.807) is 29.7 Å². The summed E-state index contributed by atoms with van der Waals surface area (Å²) < 4.78 is 0. The number of likely N-dealkylation sites (N-methyl/N-ethyl adjacent to an activating group) is 1. The predicted molar refractivity (Wildman–Crippen MR) is 104 cm³/mol. The van der Waals surface area contributed by atoms with Gasteiger partial charge in [0.25, 0.3) is 10.9 Å². The molecule has 2 aliphatic rings. The maximum Gasteiger partial charge on any atom is 0.339 e. The van der Waals surface area contributed by atoms with Crippen LogP contribution in [0.3, 0.4) is 0 Å². The molecule has 0 aromatic heterocycles. The van der Waals surface area contributed by atoms with Crippen molar-refractivity contribution < 1.29 is 9.59 Å². The first-order chi connectivity index (χ1) is 12.4. The van der Waals surface area contributed by atoms with Gasteiger partial charge < -0.3 is 0 Å². The number of hydrogen-bond donors (Lipinski definition) is 0. The van der Waals surface area contributed by atoms with Crippen LogP contribution in [-0.4, -0.2) is 34.5 Å². The molecule has 6 nitrogen and oxygen atoms in total. The normalized spacial score (nSPS) is 22.2. The third kappa shape index (κ3) is 2.24. The van der Waals surface area contributed by atoms with Gasteiger partial charge in [0.1, 0.15) is 0 Å². The van der Waals surface area contributed by atoms with Gasteiger partial charge in [0.05, 0.1) is 11.2 Å². The topological polar surface area (TPSA) is 56.2 Å². The maximum absolute atomic E-state index is 13.4. The first-order valence-electron chi connectivity index (χ1n) is 8.21. The second-order valence-electron chi connectivity index (χ2n) is 6.40. The van der Waals surface area contributed by atoms with Crippen molar-refractivity contribution in [2.45, 2.75) is 18.8 Å². The van der Waals surface area contributed by atoms with E-state index in [-0.39, 0.29) is 11.9 Å². The van der Waals surface area contributed by atoms with Crippen LogP contribution in [0.4, 0.5) is 16.2 Å². The Morgan fingerprint density at radius 3 is 1.92 bits per heavy atom. The predicted octanol–water partition coefficient (Wildman–Crippen LogP) is 3.55. The lowest BCUT2D eigenvalue weighted by molar-refractivity contribution is -0.122. The van der Waals surface area contributed by atoms with E-state index in [2.05, 4.69) is 5.10 Å². The second-order valence-corrected chi connectivity index (χ2v) is 7.42. The van der Waals surface area contributed by atoms with Crippen molar-refractivity contribution in [3.8, 4) is 0 Å². The van der Waals surface area contributed by atoms with Crippen molar-refractivity contribution >= 4 is 40.6 Å². The largest absolute Gasteiger partial charge is 0.339 e. The van der Waals surface area contributed by atoms with E-state index in [1.807, 2.05) is 50.2 Å². The fourth-order valence-electron chi connectivity index (χ4n) is 3.17. The van der Waals surface area contributed by atoms with Crippen molar-refractivity contribution in [3.63, 3.8) is 0 Å². The number of urea groups is 1. The molecule has 2 aliphatic heterocycles. The lowest BCUT2D eigenvalue weighted by atomic mass is 10.2. The molecule has 0 radical (unpaired) electrons. The molecule has 132 valence electrons. The van der Waals surface area contributed by atoms with Crippen molar-refractivity contribution in [1.82, 2.24) is 5.01 Å². The van der Waals surface area contributed by atoms with E-state index >= 15 is 0 Å². The minimum Gasteiger partial charge on any atom is -0.268 e. The molecular weight excluding hydrogens is 348 g/mol. The van der Waals surface area contributed by atoms with Crippen LogP contribution in [-0.2, 0) is 4.79 Å². The van der Waals surface area contributed by atoms with Crippen molar-refractivity contribution in [2.24, 2.45) is 5.10 Å². The molecule has 0 bridgehead atoms. The number of hydrogen-bond acceptors (Lipinski definition) is 5. The highest BCUT2D eigenvalue weighted by atomic mass is 32.2. The second kappa shape index (κ2) is 5.88. The molecule has 2 aromatic rings. The van der Waals surface area contributed by atoms with Crippen molar-refractivity contribution in [2.75, 3.05) is 16.8 Å². The molecule has 0 unspecified atom stereocenters. The van der Waals surface area contributed by atoms with Crippen LogP contribution in [0, 0.1) is 13.8 Å². The quantitative estimate of drug-likeness (QED) is 0.763. The summed E-state index contributed by atoms with van der Waals surface area (Å²) in [6.45, 7) is 3.95. The van der Waals surface area contributed by atoms with Gasteiger partial charge in [-0.1, -0.05) is 35.4 Å². The van der Waals surface area contributed by atoms with Crippen LogP contribution in [0.15, 0.2) is 53.6 Å². The average Bonchev–Trinajstić information content (AvgIpc) is 3.10. The molecule has 26 heavy (non-hydrogen) atoms. The van der Waals surface area contributed by atoms with Gasteiger partial charge >= 0.3 is 6.03 Å². The fraction of sp³-hybridized carbons (Fsp3) is 0.211. The van der Waals surface area contributed by atoms with E-state index < -0.39 is 4.99 Å². The Labute approximate surface area is 156 Å². The summed E-state index contributed by atoms with van der Waals surface area (Å²) in [4.78, 5) is 28.3. The smallest absolute Gasteiger partial charge is 0.268 e. The molecule has 1 fully saturated rings. The van der Waals surface area contributed by atoms with E-state index in [1.165, 1.54) is 21.6 Å². The molecule has 0 saturated carbocycles. The Morgan fingerprint density at radius 1 is 0.885 bits per heavy atom. The summed E-state index contributed by atoms with van der Waals surface area (Å²) in [6.07, 6.45) is 0. The van der Waals surface area contributed by atoms with Crippen LogP contribution in [0.5, 0.6) is 0 Å². The van der Waals surface area contributed by atoms with Crippen LogP contribution in [0.1, 0.15) is 11.1 Å². The number of thioether (sulfide) groups is 1. The highest BCUT2D eigenvalue weighted by Gasteiger charge is 2.63. The molecule has 7 heteroatoms. The van der Waals surface area contributed by atoms with E-state index in [0.29, 0.717) is 11.4 Å². The summed E-state index contributed by atoms with van der Waals surface area (Å²) in [5, 5.41) is 5.77. The Bertz CT molecular complexity index is 910. The molecule has 1 spiro atoms. The first kappa shape index (κ1) is 16.7. The van der Waals surface area contributed by atoms with Crippen molar-refractivity contribution in [3.05, 3.63) is 59.7 Å². The van der Waals surface area contributed by atoms with Gasteiger partial charge in [0.2, 0.25) is 0 Å². The Morgan fingerprint density at radius 2 is 1.42 bits per heavy atom. The SMILES string of the molecule is Cc1ccc(N2C(=O)N(c3ccc(C)cc3)[C@@]3(SC=NN3C)C2=O)cc1. The molecule has 0 aliphatic carbocycles. The third-order valence-corrected chi connectivity index (χ3v) is 5.78. The van der Waals surface area contributed by atoms with Crippen LogP contribution < -0.4 is 9.80 Å². The number of hydrazone groups is 1. The summed E-state index contributed by atoms with van der Waals surface area (Å²) in [6, 6.07) is 14.5. The van der Waals surface area contributed by atoms with Gasteiger partial charge in [-0.3, -0.25) is 14.7 Å². The van der Waals surface area contributed by atoms with Gasteiger partial charge in [-0.15, -0.1) is 0 Å². The number of amides is 3. The van der Waals surface area contributed by atoms with Gasteiger partial charge in [-0.25, -0.2) is 9.69 Å². The zero-order chi connectivity index (χ0) is 18.5. The molecule has 2 heterocycles. The summed E-state index contributed by atoms with van der Waals surface area (Å²) >= 11 is 1.23. The van der Waals surface area contributed by atoms with Gasteiger partial charge in [0, 0.05) is 12.7 Å². The molecule has 0 N–H and O–H groups in total. The van der Waals surface area contributed by atoms with E-state index in [0.717, 1.165) is 11.1 Å². The number of nitrogens with zero attached hydrogens (tertiary/aromatic N) is 4. The standard InChI is InChI=1S/C19H18N4O2S/c1-13-4-8-15(9-5-13)22-17(24)19(21(3)20-12-26-19)23(18(22)25)16-10-6-14(2)7-11-16/h4-12H,1-3H3/t19-/m1/s1. The Balaban J connectivity index is 1.86. The minimum atomic E-state index is -1.24. The number of carbonyl (C=O) groups excluding carboxylic acids is 2. The lowest BCUT2D eigenvalue weighted by Crippen LogP contribution is -2.55. The molecular formula is C19H18N4O2S. The van der Waals surface area contributed by atoms with Gasteiger partial charge in [-0.05, 0) is 49.9 Å². The summed E-state index contributed by atoms with van der Waals surface area (Å²) in [5.41, 5.74) is 4.97. The van der Waals surface area contributed by atoms with Crippen LogP contribution in [0.2, 0.25) is 0 Å². The van der Waals surface area contributed by atoms with Crippen LogP contribution >= 0.6 is 11.8 Å². The van der Waals surface area contributed by atoms with Crippen LogP contribution in [0.25, 0.3) is 0 Å². The Hall–Kier alpha value is -2.80. The fourth-order valence-corrected chi connectivity index (χ4v) is 4.18. The summed E-state index contributed by atoms with van der Waals surface area (Å²) in [5.74, 6) is -0.322. The molecule has 1 saturated heterocycles. The number of anilines is 2. The molecule has 2 aromatic carbocycles. The van der Waals surface area contributed by atoms with Gasteiger partial charge in [0.15, 0.2) is 0 Å². The maximum atomic E-state index is 13.4. The third-order valence-electron chi connectivity index (χ3n) is 4.63. The van der Waals surface area contributed by atoms with E-state index in [4.69, 9.17) is 0 Å². The zero-order valence-corrected chi connectivity index (χ0v) is 15.5.